The maximum absolute atomic E-state index is 13.6. The summed E-state index contributed by atoms with van der Waals surface area (Å²) in [6, 6.07) is -1.07. The van der Waals surface area contributed by atoms with Crippen LogP contribution in [0.1, 0.15) is 11.1 Å². The van der Waals surface area contributed by atoms with E-state index in [1.54, 1.807) is 0 Å². The summed E-state index contributed by atoms with van der Waals surface area (Å²) in [5, 5.41) is 16.8. The van der Waals surface area contributed by atoms with Crippen LogP contribution in [0.15, 0.2) is 24.3 Å². The number of benzene rings is 1. The number of aliphatic hydroxyl groups is 2. The van der Waals surface area contributed by atoms with Crippen molar-refractivity contribution in [3.8, 4) is 0 Å². The first-order valence-electron chi connectivity index (χ1n) is 6.04. The summed E-state index contributed by atoms with van der Waals surface area (Å²) in [6.45, 7) is 0. The molecule has 1 aromatic carbocycles. The fraction of sp³-hybridized carbons (Fsp3) is 0.500. The predicted octanol–water partition coefficient (Wildman–Crippen LogP) is 4.31. The minimum atomic E-state index is -6.62. The van der Waals surface area contributed by atoms with E-state index in [0.29, 0.717) is 0 Å². The highest BCUT2D eigenvalue weighted by Gasteiger charge is 2.73. The van der Waals surface area contributed by atoms with Crippen molar-refractivity contribution in [2.75, 3.05) is 0 Å². The van der Waals surface area contributed by atoms with Gasteiger partial charge in [-0.25, -0.2) is 0 Å². The molecule has 2 N–H and O–H groups in total. The Kier molecular flexibility index (Phi) is 5.07. The van der Waals surface area contributed by atoms with Crippen molar-refractivity contribution >= 4 is 0 Å². The highest BCUT2D eigenvalue weighted by molar-refractivity contribution is 5.33. The number of hydrogen-bond acceptors (Lipinski definition) is 2. The minimum Gasteiger partial charge on any atom is -0.350 e. The van der Waals surface area contributed by atoms with Crippen LogP contribution in [0.5, 0.6) is 0 Å². The first-order valence-corrected chi connectivity index (χ1v) is 6.04. The zero-order chi connectivity index (χ0) is 21.0. The first kappa shape index (κ1) is 22.3. The third-order valence-corrected chi connectivity index (χ3v) is 3.17. The maximum Gasteiger partial charge on any atom is 0.455 e. The third kappa shape index (κ3) is 3.19. The van der Waals surface area contributed by atoms with Crippen molar-refractivity contribution in [1.82, 2.24) is 0 Å². The quantitative estimate of drug-likeness (QED) is 0.727. The van der Waals surface area contributed by atoms with Gasteiger partial charge in [-0.3, -0.25) is 0 Å². The van der Waals surface area contributed by atoms with Crippen LogP contribution in [0, 0.1) is 0 Å². The second kappa shape index (κ2) is 5.90. The molecule has 1 aromatic rings. The molecule has 0 aliphatic carbocycles. The van der Waals surface area contributed by atoms with Crippen molar-refractivity contribution in [2.24, 2.45) is 0 Å². The second-order valence-electron chi connectivity index (χ2n) is 4.97. The van der Waals surface area contributed by atoms with Crippen molar-refractivity contribution in [2.45, 2.75) is 35.9 Å². The van der Waals surface area contributed by atoms with Gasteiger partial charge < -0.3 is 10.2 Å². The van der Waals surface area contributed by atoms with Crippen LogP contribution in [0.2, 0.25) is 0 Å². The molecule has 0 saturated heterocycles. The highest BCUT2D eigenvalue weighted by atomic mass is 19.4. The fourth-order valence-electron chi connectivity index (χ4n) is 1.65. The number of rotatable bonds is 4. The fourth-order valence-corrected chi connectivity index (χ4v) is 1.65. The molecule has 0 amide bonds. The summed E-state index contributed by atoms with van der Waals surface area (Å²) in [7, 11) is 0. The van der Waals surface area contributed by atoms with Crippen LogP contribution in [-0.4, -0.2) is 34.3 Å². The molecular formula is C12H6F12O2. The SMILES string of the molecule is OC(F)(C(F)(F)F)C(F)(F)c1cccc(C(F)(F)C(O)(F)C(F)(F)F)c1. The van der Waals surface area contributed by atoms with E-state index in [4.69, 9.17) is 10.2 Å². The summed E-state index contributed by atoms with van der Waals surface area (Å²) in [5.74, 6) is -24.5. The Bertz CT molecular complexity index is 606. The van der Waals surface area contributed by atoms with Crippen LogP contribution >= 0.6 is 0 Å². The molecule has 0 bridgehead atoms. The third-order valence-electron chi connectivity index (χ3n) is 3.17. The summed E-state index contributed by atoms with van der Waals surface area (Å²) < 4.78 is 154. The molecule has 26 heavy (non-hydrogen) atoms. The molecule has 0 fully saturated rings. The Hall–Kier alpha value is -1.70. The van der Waals surface area contributed by atoms with E-state index in [-0.39, 0.29) is 18.2 Å². The van der Waals surface area contributed by atoms with Gasteiger partial charge in [-0.05, 0) is 6.07 Å². The predicted molar refractivity (Wildman–Crippen MR) is 58.5 cm³/mol. The average Bonchev–Trinajstić information content (AvgIpc) is 2.44. The van der Waals surface area contributed by atoms with Crippen molar-refractivity contribution < 1.29 is 62.9 Å². The van der Waals surface area contributed by atoms with Gasteiger partial charge in [-0.2, -0.15) is 52.7 Å². The molecule has 150 valence electrons. The second-order valence-corrected chi connectivity index (χ2v) is 4.97. The Morgan fingerprint density at radius 2 is 0.808 bits per heavy atom. The van der Waals surface area contributed by atoms with Crippen LogP contribution in [-0.2, 0) is 11.8 Å². The van der Waals surface area contributed by atoms with Gasteiger partial charge in [0.25, 0.3) is 0 Å². The zero-order valence-electron chi connectivity index (χ0n) is 11.7. The van der Waals surface area contributed by atoms with Gasteiger partial charge in [0.2, 0.25) is 0 Å². The molecule has 0 aromatic heterocycles. The Morgan fingerprint density at radius 1 is 0.538 bits per heavy atom. The molecular weight excluding hydrogens is 404 g/mol. The Morgan fingerprint density at radius 3 is 1.04 bits per heavy atom. The highest BCUT2D eigenvalue weighted by Crippen LogP contribution is 2.52. The summed E-state index contributed by atoms with van der Waals surface area (Å²) in [5.41, 5.74) is -4.70. The molecule has 0 saturated carbocycles. The van der Waals surface area contributed by atoms with Crippen LogP contribution in [0.25, 0.3) is 0 Å². The Labute approximate surface area is 135 Å². The lowest BCUT2D eigenvalue weighted by molar-refractivity contribution is -0.392. The van der Waals surface area contributed by atoms with Crippen LogP contribution in [0.4, 0.5) is 52.7 Å². The molecule has 2 nitrogen and oxygen atoms in total. The van der Waals surface area contributed by atoms with E-state index in [9.17, 15) is 52.7 Å². The lowest BCUT2D eigenvalue weighted by atomic mass is 9.94. The molecule has 0 aliphatic rings. The van der Waals surface area contributed by atoms with E-state index in [1.165, 1.54) is 0 Å². The molecule has 2 unspecified atom stereocenters. The summed E-state index contributed by atoms with van der Waals surface area (Å²) in [4.78, 5) is 0. The van der Waals surface area contributed by atoms with Crippen LogP contribution < -0.4 is 0 Å². The topological polar surface area (TPSA) is 40.5 Å². The standard InChI is InChI=1S/C12H6F12O2/c13-7(14,9(17,25)11(19,20)21)5-2-1-3-6(4-5)8(15,16)10(18,26)12(22,23)24/h1-4,25-26H. The molecule has 0 spiro atoms. The molecule has 2 atom stereocenters. The van der Waals surface area contributed by atoms with Gasteiger partial charge in [0.15, 0.2) is 0 Å². The van der Waals surface area contributed by atoms with Crippen LogP contribution in [0.3, 0.4) is 0 Å². The van der Waals surface area contributed by atoms with Gasteiger partial charge in [0.05, 0.1) is 0 Å². The van der Waals surface area contributed by atoms with Gasteiger partial charge in [0, 0.05) is 11.1 Å². The number of halogens is 12. The van der Waals surface area contributed by atoms with E-state index in [2.05, 4.69) is 0 Å². The normalized spacial score (nSPS) is 19.0. The van der Waals surface area contributed by atoms with Gasteiger partial charge in [-0.15, -0.1) is 0 Å². The molecule has 14 heteroatoms. The monoisotopic (exact) mass is 410 g/mol. The van der Waals surface area contributed by atoms with E-state index in [1.807, 2.05) is 0 Å². The number of alkyl halides is 12. The molecule has 0 aliphatic heterocycles. The molecule has 0 radical (unpaired) electrons. The molecule has 0 heterocycles. The van der Waals surface area contributed by atoms with Crippen molar-refractivity contribution in [1.29, 1.82) is 0 Å². The number of hydrogen-bond donors (Lipinski definition) is 2. The zero-order valence-corrected chi connectivity index (χ0v) is 11.7. The van der Waals surface area contributed by atoms with Gasteiger partial charge in [-0.1, -0.05) is 18.2 Å². The van der Waals surface area contributed by atoms with Crippen molar-refractivity contribution in [3.05, 3.63) is 35.4 Å². The smallest absolute Gasteiger partial charge is 0.350 e. The summed E-state index contributed by atoms with van der Waals surface area (Å²) >= 11 is 0. The maximum atomic E-state index is 13.6. The van der Waals surface area contributed by atoms with Crippen molar-refractivity contribution in [3.63, 3.8) is 0 Å². The summed E-state index contributed by atoms with van der Waals surface area (Å²) in [6.07, 6.45) is -13.2. The van der Waals surface area contributed by atoms with E-state index >= 15 is 0 Å². The van der Waals surface area contributed by atoms with E-state index in [0.717, 1.165) is 0 Å². The first-order chi connectivity index (χ1) is 11.2. The van der Waals surface area contributed by atoms with Gasteiger partial charge >= 0.3 is 35.9 Å². The van der Waals surface area contributed by atoms with E-state index < -0.39 is 53.1 Å². The minimum absolute atomic E-state index is 0.0192. The molecule has 1 rings (SSSR count). The lowest BCUT2D eigenvalue weighted by Crippen LogP contribution is -2.54. The largest absolute Gasteiger partial charge is 0.455 e. The van der Waals surface area contributed by atoms with Gasteiger partial charge in [0.1, 0.15) is 0 Å². The Balaban J connectivity index is 3.54. The lowest BCUT2D eigenvalue weighted by Gasteiger charge is -2.32. The average molecular weight is 410 g/mol.